The van der Waals surface area contributed by atoms with Crippen LogP contribution in [0.4, 0.5) is 5.69 Å². The molecule has 1 N–H and O–H groups in total. The Bertz CT molecular complexity index is 1190. The maximum absolute atomic E-state index is 13.0. The average Bonchev–Trinajstić information content (AvgIpc) is 2.99. The number of fused-ring (bicyclic) bond motifs is 1. The summed E-state index contributed by atoms with van der Waals surface area (Å²) in [5.41, 5.74) is 2.02. The number of allylic oxidation sites excluding steroid dienone is 1. The second-order valence-corrected chi connectivity index (χ2v) is 9.46. The fraction of sp³-hybridized carbons (Fsp3) is 0.273. The van der Waals surface area contributed by atoms with Crippen LogP contribution in [0.5, 0.6) is 0 Å². The normalized spacial score (nSPS) is 12.0. The van der Waals surface area contributed by atoms with E-state index in [1.807, 2.05) is 13.8 Å². The van der Waals surface area contributed by atoms with E-state index in [0.29, 0.717) is 33.2 Å². The van der Waals surface area contributed by atoms with Gasteiger partial charge in [0.15, 0.2) is 10.9 Å². The predicted octanol–water partition coefficient (Wildman–Crippen LogP) is 4.58. The van der Waals surface area contributed by atoms with Crippen molar-refractivity contribution in [1.29, 1.82) is 0 Å². The second-order valence-electron chi connectivity index (χ2n) is 6.95. The van der Waals surface area contributed by atoms with E-state index < -0.39 is 5.25 Å². The van der Waals surface area contributed by atoms with Crippen molar-refractivity contribution in [3.05, 3.63) is 63.3 Å². The molecule has 6 nitrogen and oxygen atoms in total. The van der Waals surface area contributed by atoms with Gasteiger partial charge in [0.1, 0.15) is 4.83 Å². The number of Topliss-reactive ketones (excluding diaryl/α,β-unsaturated/α-hetero) is 1. The van der Waals surface area contributed by atoms with Gasteiger partial charge in [0.25, 0.3) is 5.56 Å². The fourth-order valence-corrected chi connectivity index (χ4v) is 4.92. The zero-order valence-corrected chi connectivity index (χ0v) is 18.9. The number of hydrogen-bond acceptors (Lipinski definition) is 6. The van der Waals surface area contributed by atoms with Crippen LogP contribution < -0.4 is 10.9 Å². The van der Waals surface area contributed by atoms with Crippen LogP contribution in [0, 0.1) is 13.8 Å². The van der Waals surface area contributed by atoms with Gasteiger partial charge >= 0.3 is 0 Å². The number of ketones is 1. The number of aryl methyl sites for hydroxylation is 2. The number of nitrogens with zero attached hydrogens (tertiary/aromatic N) is 2. The van der Waals surface area contributed by atoms with E-state index in [2.05, 4.69) is 16.9 Å². The van der Waals surface area contributed by atoms with Crippen molar-refractivity contribution in [3.63, 3.8) is 0 Å². The van der Waals surface area contributed by atoms with Crippen molar-refractivity contribution in [1.82, 2.24) is 9.55 Å². The van der Waals surface area contributed by atoms with Crippen LogP contribution >= 0.6 is 23.1 Å². The Kier molecular flexibility index (Phi) is 6.58. The number of carbonyl (C=O) groups excluding carboxylic acids is 2. The molecule has 1 amide bonds. The van der Waals surface area contributed by atoms with Gasteiger partial charge in [0, 0.05) is 22.7 Å². The second kappa shape index (κ2) is 8.97. The average molecular weight is 442 g/mol. The van der Waals surface area contributed by atoms with Gasteiger partial charge in [-0.25, -0.2) is 4.98 Å². The van der Waals surface area contributed by atoms with Gasteiger partial charge in [-0.2, -0.15) is 0 Å². The first-order valence-electron chi connectivity index (χ1n) is 9.42. The number of carbonyl (C=O) groups is 2. The summed E-state index contributed by atoms with van der Waals surface area (Å²) < 4.78 is 1.56. The lowest BCUT2D eigenvalue weighted by molar-refractivity contribution is -0.115. The maximum Gasteiger partial charge on any atom is 0.263 e. The third kappa shape index (κ3) is 4.39. The fourth-order valence-electron chi connectivity index (χ4n) is 2.93. The van der Waals surface area contributed by atoms with Crippen LogP contribution in [0.2, 0.25) is 0 Å². The van der Waals surface area contributed by atoms with Gasteiger partial charge in [-0.1, -0.05) is 17.8 Å². The van der Waals surface area contributed by atoms with Crippen molar-refractivity contribution < 1.29 is 9.59 Å². The molecule has 0 saturated carbocycles. The lowest BCUT2D eigenvalue weighted by atomic mass is 10.1. The van der Waals surface area contributed by atoms with E-state index in [9.17, 15) is 14.4 Å². The van der Waals surface area contributed by atoms with Crippen molar-refractivity contribution in [2.24, 2.45) is 0 Å². The van der Waals surface area contributed by atoms with Crippen LogP contribution in [0.25, 0.3) is 10.2 Å². The van der Waals surface area contributed by atoms with E-state index in [1.54, 1.807) is 41.8 Å². The summed E-state index contributed by atoms with van der Waals surface area (Å²) in [6.45, 7) is 11.2. The number of benzene rings is 1. The van der Waals surface area contributed by atoms with Crippen LogP contribution in [-0.4, -0.2) is 26.5 Å². The highest BCUT2D eigenvalue weighted by Gasteiger charge is 2.21. The summed E-state index contributed by atoms with van der Waals surface area (Å²) >= 11 is 2.72. The Labute approximate surface area is 183 Å². The highest BCUT2D eigenvalue weighted by Crippen LogP contribution is 2.30. The maximum atomic E-state index is 13.0. The molecular weight excluding hydrogens is 418 g/mol. The quantitative estimate of drug-likeness (QED) is 0.251. The van der Waals surface area contributed by atoms with Gasteiger partial charge in [-0.15, -0.1) is 17.9 Å². The van der Waals surface area contributed by atoms with Gasteiger partial charge < -0.3 is 5.32 Å². The standard InChI is InChI=1S/C22H23N3O3S2/c1-6-11-25-21(28)18-12(2)14(4)29-20(18)24-22(25)30-15(5)19(27)23-17-9-7-16(8-10-17)13(3)26/h6-10,15H,1,11H2,2-5H3,(H,23,27). The largest absolute Gasteiger partial charge is 0.325 e. The van der Waals surface area contributed by atoms with Crippen molar-refractivity contribution in [3.8, 4) is 0 Å². The minimum Gasteiger partial charge on any atom is -0.325 e. The van der Waals surface area contributed by atoms with Crippen LogP contribution in [0.1, 0.15) is 34.6 Å². The number of hydrogen-bond donors (Lipinski definition) is 1. The minimum absolute atomic E-state index is 0.0301. The Balaban J connectivity index is 1.86. The Hall–Kier alpha value is -2.71. The molecule has 0 radical (unpaired) electrons. The van der Waals surface area contributed by atoms with Crippen LogP contribution in [0.15, 0.2) is 46.9 Å². The molecule has 0 saturated heterocycles. The van der Waals surface area contributed by atoms with Crippen molar-refractivity contribution in [2.45, 2.75) is 44.6 Å². The summed E-state index contributed by atoms with van der Waals surface area (Å²) in [5.74, 6) is -0.244. The summed E-state index contributed by atoms with van der Waals surface area (Å²) in [7, 11) is 0. The smallest absolute Gasteiger partial charge is 0.263 e. The number of thioether (sulfide) groups is 1. The molecule has 2 aromatic heterocycles. The number of aromatic nitrogens is 2. The Morgan fingerprint density at radius 2 is 1.97 bits per heavy atom. The molecule has 1 unspecified atom stereocenters. The van der Waals surface area contributed by atoms with Crippen molar-refractivity contribution in [2.75, 3.05) is 5.32 Å². The molecule has 3 rings (SSSR count). The summed E-state index contributed by atoms with van der Waals surface area (Å²) in [6.07, 6.45) is 1.65. The number of amides is 1. The third-order valence-corrected chi connectivity index (χ3v) is 6.97. The van der Waals surface area contributed by atoms with E-state index >= 15 is 0 Å². The number of nitrogens with one attached hydrogen (secondary N) is 1. The molecule has 0 aliphatic carbocycles. The molecule has 30 heavy (non-hydrogen) atoms. The number of anilines is 1. The number of rotatable bonds is 7. The van der Waals surface area contributed by atoms with Crippen LogP contribution in [-0.2, 0) is 11.3 Å². The van der Waals surface area contributed by atoms with Gasteiger partial charge in [-0.3, -0.25) is 19.0 Å². The Morgan fingerprint density at radius 1 is 1.30 bits per heavy atom. The topological polar surface area (TPSA) is 81.1 Å². The van der Waals surface area contributed by atoms with E-state index in [1.165, 1.54) is 30.0 Å². The number of thiophene rings is 1. The molecule has 0 bridgehead atoms. The molecule has 0 aliphatic heterocycles. The monoisotopic (exact) mass is 441 g/mol. The van der Waals surface area contributed by atoms with E-state index in [-0.39, 0.29) is 17.2 Å². The molecule has 1 atom stereocenters. The molecule has 2 heterocycles. The lowest BCUT2D eigenvalue weighted by Crippen LogP contribution is -2.26. The molecular formula is C22H23N3O3S2. The summed E-state index contributed by atoms with van der Waals surface area (Å²) in [4.78, 5) is 43.5. The lowest BCUT2D eigenvalue weighted by Gasteiger charge is -2.15. The first kappa shape index (κ1) is 22.0. The molecule has 0 aliphatic rings. The first-order chi connectivity index (χ1) is 14.2. The molecule has 1 aromatic carbocycles. The predicted molar refractivity (Wildman–Crippen MR) is 124 cm³/mol. The van der Waals surface area contributed by atoms with Crippen LogP contribution in [0.3, 0.4) is 0 Å². The molecule has 0 fully saturated rings. The highest BCUT2D eigenvalue weighted by atomic mass is 32.2. The SMILES string of the molecule is C=CCn1c(SC(C)C(=O)Nc2ccc(C(C)=O)cc2)nc2sc(C)c(C)c2c1=O. The first-order valence-corrected chi connectivity index (χ1v) is 11.1. The molecule has 8 heteroatoms. The van der Waals surface area contributed by atoms with E-state index in [0.717, 1.165) is 10.4 Å². The Morgan fingerprint density at radius 3 is 2.57 bits per heavy atom. The minimum atomic E-state index is -0.486. The molecule has 0 spiro atoms. The molecule has 3 aromatic rings. The summed E-state index contributed by atoms with van der Waals surface area (Å²) in [5, 5.41) is 3.47. The summed E-state index contributed by atoms with van der Waals surface area (Å²) in [6, 6.07) is 6.74. The van der Waals surface area contributed by atoms with Gasteiger partial charge in [-0.05, 0) is 57.5 Å². The molecule has 156 valence electrons. The van der Waals surface area contributed by atoms with E-state index in [4.69, 9.17) is 0 Å². The highest BCUT2D eigenvalue weighted by molar-refractivity contribution is 8.00. The third-order valence-electron chi connectivity index (χ3n) is 4.78. The zero-order valence-electron chi connectivity index (χ0n) is 17.3. The van der Waals surface area contributed by atoms with Gasteiger partial charge in [0.2, 0.25) is 5.91 Å². The van der Waals surface area contributed by atoms with Gasteiger partial charge in [0.05, 0.1) is 10.6 Å². The van der Waals surface area contributed by atoms with Crippen molar-refractivity contribution >= 4 is 50.7 Å². The zero-order chi connectivity index (χ0) is 22.0.